The van der Waals surface area contributed by atoms with Crippen LogP contribution in [0.25, 0.3) is 16.8 Å². The van der Waals surface area contributed by atoms with Crippen LogP contribution in [0, 0.1) is 0 Å². The zero-order chi connectivity index (χ0) is 18.6. The maximum atomic E-state index is 13.1. The molecular weight excluding hydrogens is 336 g/mol. The predicted octanol–water partition coefficient (Wildman–Crippen LogP) is 4.13. The van der Waals surface area contributed by atoms with Crippen molar-refractivity contribution in [2.45, 2.75) is 0 Å². The number of carbonyl (C=O) groups excluding carboxylic acids is 1. The van der Waals surface area contributed by atoms with Crippen LogP contribution >= 0.6 is 0 Å². The summed E-state index contributed by atoms with van der Waals surface area (Å²) < 4.78 is 1.51. The van der Waals surface area contributed by atoms with Crippen molar-refractivity contribution in [3.63, 3.8) is 0 Å². The van der Waals surface area contributed by atoms with E-state index in [1.165, 1.54) is 4.57 Å². The first kappa shape index (κ1) is 16.7. The lowest BCUT2D eigenvalue weighted by Gasteiger charge is -2.12. The van der Waals surface area contributed by atoms with Gasteiger partial charge < -0.3 is 0 Å². The molecule has 130 valence electrons. The average molecular weight is 352 g/mol. The maximum absolute atomic E-state index is 13.1. The van der Waals surface area contributed by atoms with E-state index in [1.807, 2.05) is 60.7 Å². The van der Waals surface area contributed by atoms with Crippen molar-refractivity contribution in [3.8, 4) is 16.8 Å². The summed E-state index contributed by atoms with van der Waals surface area (Å²) in [5, 5.41) is 0. The summed E-state index contributed by atoms with van der Waals surface area (Å²) in [5.74, 6) is -0.225. The first-order valence-corrected chi connectivity index (χ1v) is 8.57. The molecule has 4 heteroatoms. The van der Waals surface area contributed by atoms with Crippen molar-refractivity contribution >= 4 is 5.78 Å². The van der Waals surface area contributed by atoms with Gasteiger partial charge in [0.15, 0.2) is 0 Å². The van der Waals surface area contributed by atoms with Crippen molar-refractivity contribution in [1.29, 1.82) is 0 Å². The Bertz CT molecular complexity index is 1070. The highest BCUT2D eigenvalue weighted by molar-refractivity contribution is 6.08. The van der Waals surface area contributed by atoms with Gasteiger partial charge in [-0.25, -0.2) is 0 Å². The molecule has 2 aromatic heterocycles. The molecule has 0 aliphatic carbocycles. The summed E-state index contributed by atoms with van der Waals surface area (Å²) in [6, 6.07) is 25.5. The molecule has 0 N–H and O–H groups in total. The zero-order valence-electron chi connectivity index (χ0n) is 14.4. The molecule has 0 spiro atoms. The first-order valence-electron chi connectivity index (χ1n) is 8.57. The molecule has 0 unspecified atom stereocenters. The molecule has 0 atom stereocenters. The summed E-state index contributed by atoms with van der Waals surface area (Å²) in [5.41, 5.74) is 2.52. The number of carbonyl (C=O) groups is 1. The third-order valence-corrected chi connectivity index (χ3v) is 4.30. The summed E-state index contributed by atoms with van der Waals surface area (Å²) in [6.45, 7) is 0. The van der Waals surface area contributed by atoms with Crippen LogP contribution in [0.4, 0.5) is 0 Å². The average Bonchev–Trinajstić information content (AvgIpc) is 2.75. The molecule has 2 heterocycles. The monoisotopic (exact) mass is 352 g/mol. The Morgan fingerprint density at radius 1 is 0.815 bits per heavy atom. The van der Waals surface area contributed by atoms with Gasteiger partial charge in [0.1, 0.15) is 5.69 Å². The number of rotatable bonds is 4. The Balaban J connectivity index is 1.95. The maximum Gasteiger partial charge on any atom is 0.262 e. The van der Waals surface area contributed by atoms with Gasteiger partial charge in [-0.3, -0.25) is 19.1 Å². The second kappa shape index (κ2) is 7.22. The molecule has 0 aliphatic heterocycles. The SMILES string of the molecule is O=C(c1cc(-c2ccccc2)c(=O)n(-c2ccccc2)c1)c1ccccn1. The molecule has 2 aromatic carbocycles. The van der Waals surface area contributed by atoms with Gasteiger partial charge in [-0.2, -0.15) is 0 Å². The summed E-state index contributed by atoms with van der Waals surface area (Å²) in [4.78, 5) is 30.2. The minimum atomic E-state index is -0.225. The second-order valence-corrected chi connectivity index (χ2v) is 6.06. The lowest BCUT2D eigenvalue weighted by molar-refractivity contribution is 0.103. The second-order valence-electron chi connectivity index (χ2n) is 6.06. The number of hydrogen-bond acceptors (Lipinski definition) is 3. The van der Waals surface area contributed by atoms with E-state index >= 15 is 0 Å². The van der Waals surface area contributed by atoms with Gasteiger partial charge in [-0.15, -0.1) is 0 Å². The Hall–Kier alpha value is -3.79. The summed E-state index contributed by atoms with van der Waals surface area (Å²) in [7, 11) is 0. The molecule has 0 bridgehead atoms. The van der Waals surface area contributed by atoms with Crippen molar-refractivity contribution in [2.75, 3.05) is 0 Å². The smallest absolute Gasteiger partial charge is 0.262 e. The van der Waals surface area contributed by atoms with Crippen LogP contribution in [0.15, 0.2) is 102 Å². The van der Waals surface area contributed by atoms with Crippen molar-refractivity contribution in [1.82, 2.24) is 9.55 Å². The Labute approximate surface area is 156 Å². The highest BCUT2D eigenvalue weighted by Crippen LogP contribution is 2.19. The van der Waals surface area contributed by atoms with E-state index in [-0.39, 0.29) is 11.3 Å². The highest BCUT2D eigenvalue weighted by atomic mass is 16.1. The molecule has 4 rings (SSSR count). The lowest BCUT2D eigenvalue weighted by atomic mass is 10.0. The van der Waals surface area contributed by atoms with Crippen LogP contribution in [0.3, 0.4) is 0 Å². The molecule has 0 saturated heterocycles. The van der Waals surface area contributed by atoms with Gasteiger partial charge in [-0.05, 0) is 35.9 Å². The molecule has 4 aromatic rings. The van der Waals surface area contributed by atoms with Crippen LogP contribution in [0.1, 0.15) is 16.1 Å². The summed E-state index contributed by atoms with van der Waals surface area (Å²) in [6.07, 6.45) is 3.17. The van der Waals surface area contributed by atoms with Gasteiger partial charge in [0.05, 0.1) is 0 Å². The van der Waals surface area contributed by atoms with Gasteiger partial charge in [0.2, 0.25) is 5.78 Å². The van der Waals surface area contributed by atoms with E-state index in [9.17, 15) is 9.59 Å². The van der Waals surface area contributed by atoms with E-state index in [1.54, 1.807) is 36.7 Å². The molecule has 0 amide bonds. The number of hydrogen-bond donors (Lipinski definition) is 0. The number of pyridine rings is 2. The van der Waals surface area contributed by atoms with E-state index in [2.05, 4.69) is 4.98 Å². The fourth-order valence-electron chi connectivity index (χ4n) is 2.96. The van der Waals surface area contributed by atoms with Gasteiger partial charge in [0, 0.05) is 29.2 Å². The zero-order valence-corrected chi connectivity index (χ0v) is 14.4. The third-order valence-electron chi connectivity index (χ3n) is 4.30. The standard InChI is InChI=1S/C23H16N2O2/c26-22(21-13-7-8-14-24-21)18-15-20(17-9-3-1-4-10-17)23(27)25(16-18)19-11-5-2-6-12-19/h1-16H. The van der Waals surface area contributed by atoms with E-state index in [4.69, 9.17) is 0 Å². The molecule has 0 saturated carbocycles. The Kier molecular flexibility index (Phi) is 4.45. The molecule has 0 radical (unpaired) electrons. The van der Waals surface area contributed by atoms with E-state index < -0.39 is 0 Å². The predicted molar refractivity (Wildman–Crippen MR) is 105 cm³/mol. The van der Waals surface area contributed by atoms with Crippen molar-refractivity contribution in [3.05, 3.63) is 119 Å². The Morgan fingerprint density at radius 3 is 2.15 bits per heavy atom. The quantitative estimate of drug-likeness (QED) is 0.519. The van der Waals surface area contributed by atoms with Crippen LogP contribution in [0.5, 0.6) is 0 Å². The highest BCUT2D eigenvalue weighted by Gasteiger charge is 2.16. The number of nitrogens with zero attached hydrogens (tertiary/aromatic N) is 2. The normalized spacial score (nSPS) is 10.5. The van der Waals surface area contributed by atoms with Crippen LogP contribution in [-0.4, -0.2) is 15.3 Å². The van der Waals surface area contributed by atoms with Gasteiger partial charge in [0.25, 0.3) is 5.56 Å². The van der Waals surface area contributed by atoms with Gasteiger partial charge >= 0.3 is 0 Å². The van der Waals surface area contributed by atoms with E-state index in [0.717, 1.165) is 5.56 Å². The lowest BCUT2D eigenvalue weighted by Crippen LogP contribution is -2.22. The van der Waals surface area contributed by atoms with Crippen LogP contribution < -0.4 is 5.56 Å². The number of ketones is 1. The molecule has 4 nitrogen and oxygen atoms in total. The molecule has 0 fully saturated rings. The molecule has 27 heavy (non-hydrogen) atoms. The van der Waals surface area contributed by atoms with Crippen molar-refractivity contribution < 1.29 is 4.79 Å². The molecule has 0 aliphatic rings. The number of aromatic nitrogens is 2. The first-order chi connectivity index (χ1) is 13.2. The fraction of sp³-hybridized carbons (Fsp3) is 0. The number of para-hydroxylation sites is 1. The minimum absolute atomic E-state index is 0.176. The topological polar surface area (TPSA) is 52.0 Å². The Morgan fingerprint density at radius 2 is 1.48 bits per heavy atom. The largest absolute Gasteiger partial charge is 0.287 e. The number of benzene rings is 2. The van der Waals surface area contributed by atoms with E-state index in [0.29, 0.717) is 22.5 Å². The van der Waals surface area contributed by atoms with Crippen LogP contribution in [-0.2, 0) is 0 Å². The minimum Gasteiger partial charge on any atom is -0.287 e. The van der Waals surface area contributed by atoms with Crippen molar-refractivity contribution in [2.24, 2.45) is 0 Å². The third kappa shape index (κ3) is 3.33. The molecular formula is C23H16N2O2. The summed E-state index contributed by atoms with van der Waals surface area (Å²) >= 11 is 0. The van der Waals surface area contributed by atoms with Gasteiger partial charge in [-0.1, -0.05) is 54.6 Å². The fourth-order valence-corrected chi connectivity index (χ4v) is 2.96. The van der Waals surface area contributed by atoms with Crippen LogP contribution in [0.2, 0.25) is 0 Å².